The lowest BCUT2D eigenvalue weighted by molar-refractivity contribution is 0.0943. The third kappa shape index (κ3) is 3.56. The van der Waals surface area contributed by atoms with E-state index in [1.165, 1.54) is 0 Å². The molecule has 1 saturated heterocycles. The van der Waals surface area contributed by atoms with E-state index in [0.717, 1.165) is 25.9 Å². The van der Waals surface area contributed by atoms with Crippen LogP contribution in [0.15, 0.2) is 0 Å². The lowest BCUT2D eigenvalue weighted by atomic mass is 9.91. The first-order chi connectivity index (χ1) is 6.09. The van der Waals surface area contributed by atoms with Crippen molar-refractivity contribution >= 4 is 0 Å². The van der Waals surface area contributed by atoms with E-state index in [9.17, 15) is 8.78 Å². The number of nitrogens with zero attached hydrogens (tertiary/aromatic N) is 1. The monoisotopic (exact) mass is 192 g/mol. The smallest absolute Gasteiger partial charge is 0.253 e. The summed E-state index contributed by atoms with van der Waals surface area (Å²) >= 11 is 0. The fraction of sp³-hybridized carbons (Fsp3) is 1.00. The number of alkyl halides is 2. The maximum absolute atomic E-state index is 12.1. The highest BCUT2D eigenvalue weighted by molar-refractivity contribution is 4.75. The van der Waals surface area contributed by atoms with E-state index in [0.29, 0.717) is 12.3 Å². The normalized spacial score (nSPS) is 23.8. The highest BCUT2D eigenvalue weighted by Gasteiger charge is 2.23. The number of halogens is 2. The average molecular weight is 192 g/mol. The number of hydrogen-bond donors (Lipinski definition) is 1. The molecule has 1 fully saturated rings. The van der Waals surface area contributed by atoms with Crippen molar-refractivity contribution < 1.29 is 8.78 Å². The predicted molar refractivity (Wildman–Crippen MR) is 48.8 cm³/mol. The molecular formula is C9H18F2N2. The molecule has 0 aromatic carbocycles. The van der Waals surface area contributed by atoms with Gasteiger partial charge in [-0.05, 0) is 45.3 Å². The van der Waals surface area contributed by atoms with Crippen molar-refractivity contribution in [1.29, 1.82) is 0 Å². The molecule has 0 bridgehead atoms. The van der Waals surface area contributed by atoms with Crippen LogP contribution in [0.25, 0.3) is 0 Å². The highest BCUT2D eigenvalue weighted by Crippen LogP contribution is 2.22. The second-order valence-electron chi connectivity index (χ2n) is 3.98. The fourth-order valence-electron chi connectivity index (χ4n) is 1.79. The van der Waals surface area contributed by atoms with Crippen LogP contribution >= 0.6 is 0 Å². The Hall–Kier alpha value is -0.220. The molecule has 78 valence electrons. The highest BCUT2D eigenvalue weighted by atomic mass is 19.3. The van der Waals surface area contributed by atoms with Crippen LogP contribution in [0, 0.1) is 5.92 Å². The minimum absolute atomic E-state index is 0.403. The van der Waals surface area contributed by atoms with Crippen LogP contribution in [-0.2, 0) is 0 Å². The summed E-state index contributed by atoms with van der Waals surface area (Å²) in [4.78, 5) is 2.23. The molecular weight excluding hydrogens is 174 g/mol. The quantitative estimate of drug-likeness (QED) is 0.730. The van der Waals surface area contributed by atoms with Crippen LogP contribution in [0.1, 0.15) is 19.3 Å². The van der Waals surface area contributed by atoms with E-state index in [1.54, 1.807) is 0 Å². The van der Waals surface area contributed by atoms with Crippen molar-refractivity contribution in [2.24, 2.45) is 11.7 Å². The molecule has 4 heteroatoms. The molecule has 0 aromatic rings. The van der Waals surface area contributed by atoms with Gasteiger partial charge in [0, 0.05) is 0 Å². The van der Waals surface area contributed by atoms with Gasteiger partial charge in [-0.25, -0.2) is 8.78 Å². The van der Waals surface area contributed by atoms with Gasteiger partial charge in [0.25, 0.3) is 6.43 Å². The summed E-state index contributed by atoms with van der Waals surface area (Å²) in [5.41, 5.74) is 5.32. The minimum Gasteiger partial charge on any atom is -0.323 e. The standard InChI is InChI=1S/C9H18F2N2/c1-13-4-2-7(3-5-13)6-8(12)9(10)11/h7-9H,2-6,12H2,1H3. The first kappa shape index (κ1) is 10.9. The van der Waals surface area contributed by atoms with Gasteiger partial charge in [-0.15, -0.1) is 0 Å². The van der Waals surface area contributed by atoms with Gasteiger partial charge in [0.15, 0.2) is 0 Å². The summed E-state index contributed by atoms with van der Waals surface area (Å²) in [6.07, 6.45) is 0.138. The molecule has 2 N–H and O–H groups in total. The van der Waals surface area contributed by atoms with Gasteiger partial charge in [-0.2, -0.15) is 0 Å². The number of likely N-dealkylation sites (tertiary alicyclic amines) is 1. The summed E-state index contributed by atoms with van der Waals surface area (Å²) in [5, 5.41) is 0. The molecule has 0 saturated carbocycles. The fourth-order valence-corrected chi connectivity index (χ4v) is 1.79. The predicted octanol–water partition coefficient (Wildman–Crippen LogP) is 1.31. The summed E-state index contributed by atoms with van der Waals surface area (Å²) in [6.45, 7) is 2.03. The Bertz CT molecular complexity index is 145. The van der Waals surface area contributed by atoms with Gasteiger partial charge in [0.2, 0.25) is 0 Å². The average Bonchev–Trinajstić information content (AvgIpc) is 2.08. The number of piperidine rings is 1. The molecule has 1 atom stereocenters. The number of hydrogen-bond acceptors (Lipinski definition) is 2. The van der Waals surface area contributed by atoms with Gasteiger partial charge in [-0.1, -0.05) is 0 Å². The van der Waals surface area contributed by atoms with Crippen LogP contribution in [0.5, 0.6) is 0 Å². The summed E-state index contributed by atoms with van der Waals surface area (Å²) in [5.74, 6) is 0.403. The van der Waals surface area contributed by atoms with Crippen LogP contribution in [-0.4, -0.2) is 37.5 Å². The summed E-state index contributed by atoms with van der Waals surface area (Å²) < 4.78 is 24.2. The van der Waals surface area contributed by atoms with Crippen LogP contribution in [0.4, 0.5) is 8.78 Å². The van der Waals surface area contributed by atoms with Gasteiger partial charge < -0.3 is 10.6 Å². The van der Waals surface area contributed by atoms with E-state index in [-0.39, 0.29) is 0 Å². The van der Waals surface area contributed by atoms with E-state index >= 15 is 0 Å². The van der Waals surface area contributed by atoms with Crippen molar-refractivity contribution in [2.45, 2.75) is 31.7 Å². The van der Waals surface area contributed by atoms with Crippen LogP contribution < -0.4 is 5.73 Å². The van der Waals surface area contributed by atoms with Crippen molar-refractivity contribution in [1.82, 2.24) is 4.90 Å². The van der Waals surface area contributed by atoms with Gasteiger partial charge in [0.1, 0.15) is 0 Å². The zero-order valence-corrected chi connectivity index (χ0v) is 8.05. The second-order valence-corrected chi connectivity index (χ2v) is 3.98. The summed E-state index contributed by atoms with van der Waals surface area (Å²) in [7, 11) is 2.06. The first-order valence-electron chi connectivity index (χ1n) is 4.82. The summed E-state index contributed by atoms with van der Waals surface area (Å²) in [6, 6.07) is -0.923. The number of nitrogens with two attached hydrogens (primary N) is 1. The maximum Gasteiger partial charge on any atom is 0.253 e. The largest absolute Gasteiger partial charge is 0.323 e. The number of rotatable bonds is 3. The third-order valence-electron chi connectivity index (χ3n) is 2.77. The van der Waals surface area contributed by atoms with Gasteiger partial charge in [-0.3, -0.25) is 0 Å². The topological polar surface area (TPSA) is 29.3 Å². The molecule has 0 aromatic heterocycles. The van der Waals surface area contributed by atoms with Crippen molar-refractivity contribution in [3.63, 3.8) is 0 Å². The van der Waals surface area contributed by atoms with Crippen LogP contribution in [0.3, 0.4) is 0 Å². The van der Waals surface area contributed by atoms with Gasteiger partial charge in [0.05, 0.1) is 6.04 Å². The Morgan fingerprint density at radius 3 is 2.38 bits per heavy atom. The van der Waals surface area contributed by atoms with E-state index in [1.807, 2.05) is 0 Å². The molecule has 1 rings (SSSR count). The molecule has 0 amide bonds. The van der Waals surface area contributed by atoms with E-state index < -0.39 is 12.5 Å². The first-order valence-corrected chi connectivity index (χ1v) is 4.82. The van der Waals surface area contributed by atoms with E-state index in [2.05, 4.69) is 11.9 Å². The molecule has 1 aliphatic heterocycles. The lowest BCUT2D eigenvalue weighted by Gasteiger charge is -2.30. The minimum atomic E-state index is -2.36. The molecule has 2 nitrogen and oxygen atoms in total. The zero-order valence-electron chi connectivity index (χ0n) is 8.05. The maximum atomic E-state index is 12.1. The molecule has 1 heterocycles. The molecule has 13 heavy (non-hydrogen) atoms. The van der Waals surface area contributed by atoms with Crippen molar-refractivity contribution in [3.05, 3.63) is 0 Å². The molecule has 0 spiro atoms. The van der Waals surface area contributed by atoms with Gasteiger partial charge >= 0.3 is 0 Å². The SMILES string of the molecule is CN1CCC(CC(N)C(F)F)CC1. The van der Waals surface area contributed by atoms with Crippen molar-refractivity contribution in [3.8, 4) is 0 Å². The molecule has 0 aliphatic carbocycles. The van der Waals surface area contributed by atoms with Crippen molar-refractivity contribution in [2.75, 3.05) is 20.1 Å². The van der Waals surface area contributed by atoms with Crippen LogP contribution in [0.2, 0.25) is 0 Å². The Morgan fingerprint density at radius 1 is 1.38 bits per heavy atom. The molecule has 1 aliphatic rings. The second kappa shape index (κ2) is 4.86. The Labute approximate surface area is 78.1 Å². The third-order valence-corrected chi connectivity index (χ3v) is 2.77. The Morgan fingerprint density at radius 2 is 1.92 bits per heavy atom. The zero-order chi connectivity index (χ0) is 9.84. The Kier molecular flexibility index (Phi) is 4.06. The molecule has 1 unspecified atom stereocenters. The Balaban J connectivity index is 2.22. The van der Waals surface area contributed by atoms with E-state index in [4.69, 9.17) is 5.73 Å². The lowest BCUT2D eigenvalue weighted by Crippen LogP contribution is -2.36. The molecule has 0 radical (unpaired) electrons.